The lowest BCUT2D eigenvalue weighted by Crippen LogP contribution is -2.52. The summed E-state index contributed by atoms with van der Waals surface area (Å²) in [4.78, 5) is 0. The highest BCUT2D eigenvalue weighted by molar-refractivity contribution is 7.59. The number of hydrogen-bond donors (Lipinski definition) is 0. The van der Waals surface area contributed by atoms with Gasteiger partial charge in [-0.1, -0.05) is 89.5 Å². The van der Waals surface area contributed by atoms with Crippen molar-refractivity contribution in [3.8, 4) is 0 Å². The van der Waals surface area contributed by atoms with E-state index in [2.05, 4.69) is 62.3 Å². The fourth-order valence-electron chi connectivity index (χ4n) is 4.54. The second-order valence-electron chi connectivity index (χ2n) is 8.80. The van der Waals surface area contributed by atoms with Crippen molar-refractivity contribution in [3.63, 3.8) is 0 Å². The van der Waals surface area contributed by atoms with Crippen LogP contribution < -0.4 is 0 Å². The van der Waals surface area contributed by atoms with E-state index in [1.54, 1.807) is 0 Å². The van der Waals surface area contributed by atoms with Crippen LogP contribution in [-0.2, 0) is 0 Å². The molecule has 0 spiro atoms. The van der Waals surface area contributed by atoms with E-state index in [1.807, 2.05) is 0 Å². The molecule has 0 saturated carbocycles. The molecule has 0 aromatic rings. The lowest BCUT2D eigenvalue weighted by molar-refractivity contribution is 0.124. The first kappa shape index (κ1) is 21.4. The van der Waals surface area contributed by atoms with Gasteiger partial charge in [0.2, 0.25) is 0 Å². The van der Waals surface area contributed by atoms with E-state index < -0.39 is 0 Å². The Labute approximate surface area is 137 Å². The van der Waals surface area contributed by atoms with Gasteiger partial charge in [0.15, 0.2) is 0 Å². The number of hydrogen-bond acceptors (Lipinski definition) is 0. The quantitative estimate of drug-likeness (QED) is 0.382. The maximum absolute atomic E-state index is 2.52. The molecule has 0 aliphatic carbocycles. The van der Waals surface area contributed by atoms with Gasteiger partial charge in [-0.15, -0.1) is 0 Å². The van der Waals surface area contributed by atoms with E-state index in [9.17, 15) is 0 Å². The summed E-state index contributed by atoms with van der Waals surface area (Å²) in [5, 5.41) is 0.508. The molecule has 0 aromatic carbocycles. The van der Waals surface area contributed by atoms with Crippen LogP contribution in [0.1, 0.15) is 101 Å². The molecule has 0 radical (unpaired) electrons. The first-order valence-corrected chi connectivity index (χ1v) is 11.0. The third-order valence-corrected chi connectivity index (χ3v) is 9.55. The van der Waals surface area contributed by atoms with E-state index in [0.717, 1.165) is 0 Å². The Hall–Kier alpha value is 0.430. The van der Waals surface area contributed by atoms with Crippen molar-refractivity contribution >= 4 is 7.92 Å². The Balaban J connectivity index is 5.75. The summed E-state index contributed by atoms with van der Waals surface area (Å²) in [5.41, 5.74) is 0.795. The molecule has 0 bridgehead atoms. The SMILES string of the molecule is CCCCP(CCCC)C(CCC)(C(C)(C)C)C(C)(C)C. The highest BCUT2D eigenvalue weighted by Gasteiger charge is 2.53. The van der Waals surface area contributed by atoms with Gasteiger partial charge >= 0.3 is 0 Å². The van der Waals surface area contributed by atoms with E-state index >= 15 is 0 Å². The fourth-order valence-corrected chi connectivity index (χ4v) is 9.36. The molecule has 0 heterocycles. The number of unbranched alkanes of at least 4 members (excludes halogenated alkanes) is 2. The largest absolute Gasteiger partial charge is 0.0993 e. The predicted octanol–water partition coefficient (Wildman–Crippen LogP) is 7.70. The molecule has 0 aromatic heterocycles. The summed E-state index contributed by atoms with van der Waals surface area (Å²) in [6.45, 7) is 22.2. The second kappa shape index (κ2) is 8.90. The van der Waals surface area contributed by atoms with E-state index in [-0.39, 0.29) is 7.92 Å². The first-order chi connectivity index (χ1) is 9.58. The van der Waals surface area contributed by atoms with Crippen LogP contribution in [0.25, 0.3) is 0 Å². The summed E-state index contributed by atoms with van der Waals surface area (Å²) in [7, 11) is 0.0979. The minimum Gasteiger partial charge on any atom is -0.0993 e. The van der Waals surface area contributed by atoms with Crippen molar-refractivity contribution < 1.29 is 0 Å². The zero-order valence-corrected chi connectivity index (χ0v) is 17.5. The molecule has 1 heteroatoms. The lowest BCUT2D eigenvalue weighted by atomic mass is 9.64. The van der Waals surface area contributed by atoms with Crippen LogP contribution in [0.2, 0.25) is 0 Å². The molecular formula is C20H43P. The van der Waals surface area contributed by atoms with Crippen LogP contribution in [0.3, 0.4) is 0 Å². The maximum Gasteiger partial charge on any atom is 0.000237 e. The van der Waals surface area contributed by atoms with Crippen LogP contribution in [0.4, 0.5) is 0 Å². The van der Waals surface area contributed by atoms with Crippen molar-refractivity contribution in [1.29, 1.82) is 0 Å². The molecule has 0 nitrogen and oxygen atoms in total. The summed E-state index contributed by atoms with van der Waals surface area (Å²) in [5.74, 6) is 0. The summed E-state index contributed by atoms with van der Waals surface area (Å²) >= 11 is 0. The van der Waals surface area contributed by atoms with Gasteiger partial charge in [0, 0.05) is 5.16 Å². The lowest BCUT2D eigenvalue weighted by Gasteiger charge is -2.59. The van der Waals surface area contributed by atoms with Crippen molar-refractivity contribution in [1.82, 2.24) is 0 Å². The molecule has 0 fully saturated rings. The van der Waals surface area contributed by atoms with Gasteiger partial charge < -0.3 is 0 Å². The van der Waals surface area contributed by atoms with Crippen LogP contribution in [0.15, 0.2) is 0 Å². The van der Waals surface area contributed by atoms with Gasteiger partial charge in [0.1, 0.15) is 0 Å². The Kier molecular flexibility index (Phi) is 9.09. The Morgan fingerprint density at radius 1 is 0.619 bits per heavy atom. The molecule has 0 atom stereocenters. The minimum absolute atomic E-state index is 0.0979. The zero-order valence-electron chi connectivity index (χ0n) is 16.6. The van der Waals surface area contributed by atoms with Crippen LogP contribution >= 0.6 is 7.92 Å². The fraction of sp³-hybridized carbons (Fsp3) is 1.00. The van der Waals surface area contributed by atoms with Crippen molar-refractivity contribution in [3.05, 3.63) is 0 Å². The van der Waals surface area contributed by atoms with Crippen molar-refractivity contribution in [2.75, 3.05) is 12.3 Å². The van der Waals surface area contributed by atoms with Gasteiger partial charge in [-0.25, -0.2) is 0 Å². The molecular weight excluding hydrogens is 271 g/mol. The molecule has 0 unspecified atom stereocenters. The van der Waals surface area contributed by atoms with E-state index in [4.69, 9.17) is 0 Å². The van der Waals surface area contributed by atoms with Gasteiger partial charge in [0.05, 0.1) is 0 Å². The summed E-state index contributed by atoms with van der Waals surface area (Å²) < 4.78 is 0. The molecule has 21 heavy (non-hydrogen) atoms. The Morgan fingerprint density at radius 2 is 1.00 bits per heavy atom. The van der Waals surface area contributed by atoms with Gasteiger partial charge in [-0.3, -0.25) is 0 Å². The molecule has 0 rings (SSSR count). The average Bonchev–Trinajstić information content (AvgIpc) is 2.34. The van der Waals surface area contributed by atoms with Gasteiger partial charge in [-0.05, 0) is 42.4 Å². The maximum atomic E-state index is 2.52. The first-order valence-electron chi connectivity index (χ1n) is 9.33. The Morgan fingerprint density at radius 3 is 1.24 bits per heavy atom. The molecule has 128 valence electrons. The molecule has 0 aliphatic heterocycles. The normalized spacial score (nSPS) is 14.0. The standard InChI is InChI=1S/C20H43P/c1-10-13-16-21(17-14-11-2)20(15-12-3,18(4,5)6)19(7,8)9/h10-17H2,1-9H3. The summed E-state index contributed by atoms with van der Waals surface area (Å²) in [6.07, 6.45) is 11.2. The van der Waals surface area contributed by atoms with Crippen molar-refractivity contribution in [2.24, 2.45) is 10.8 Å². The molecule has 0 saturated heterocycles. The van der Waals surface area contributed by atoms with Crippen LogP contribution in [0, 0.1) is 10.8 Å². The van der Waals surface area contributed by atoms with Crippen LogP contribution in [0.5, 0.6) is 0 Å². The number of rotatable bonds is 9. The molecule has 0 aliphatic rings. The summed E-state index contributed by atoms with van der Waals surface area (Å²) in [6, 6.07) is 0. The van der Waals surface area contributed by atoms with Crippen LogP contribution in [-0.4, -0.2) is 17.5 Å². The highest BCUT2D eigenvalue weighted by atomic mass is 31.1. The Bertz CT molecular complexity index is 245. The third-order valence-electron chi connectivity index (χ3n) is 5.20. The van der Waals surface area contributed by atoms with Gasteiger partial charge in [-0.2, -0.15) is 0 Å². The minimum atomic E-state index is 0.0979. The highest BCUT2D eigenvalue weighted by Crippen LogP contribution is 2.68. The zero-order chi connectivity index (χ0) is 16.7. The topological polar surface area (TPSA) is 0 Å². The van der Waals surface area contributed by atoms with Gasteiger partial charge in [0.25, 0.3) is 0 Å². The third kappa shape index (κ3) is 5.23. The van der Waals surface area contributed by atoms with E-state index in [1.165, 1.54) is 50.8 Å². The average molecular weight is 315 g/mol. The second-order valence-corrected chi connectivity index (χ2v) is 11.5. The molecule has 0 amide bonds. The molecule has 0 N–H and O–H groups in total. The monoisotopic (exact) mass is 314 g/mol. The predicted molar refractivity (Wildman–Crippen MR) is 103 cm³/mol. The van der Waals surface area contributed by atoms with Crippen molar-refractivity contribution in [2.45, 2.75) is 106 Å². The smallest absolute Gasteiger partial charge is 0.000237 e. The van der Waals surface area contributed by atoms with E-state index in [0.29, 0.717) is 16.0 Å².